The first-order valence-electron chi connectivity index (χ1n) is 11.3. The summed E-state index contributed by atoms with van der Waals surface area (Å²) in [7, 11) is -3.37. The zero-order chi connectivity index (χ0) is 25.0. The number of halogens is 3. The molecule has 3 aromatic rings. The summed E-state index contributed by atoms with van der Waals surface area (Å²) < 4.78 is 73.0. The van der Waals surface area contributed by atoms with Gasteiger partial charge in [0.2, 0.25) is 0 Å². The number of rotatable bonds is 3. The number of nitrogens with zero attached hydrogens (tertiary/aromatic N) is 2. The minimum absolute atomic E-state index is 0.0323. The molecule has 2 aliphatic heterocycles. The van der Waals surface area contributed by atoms with Gasteiger partial charge in [0.25, 0.3) is 5.91 Å². The summed E-state index contributed by atoms with van der Waals surface area (Å²) in [4.78, 5) is 14.8. The van der Waals surface area contributed by atoms with Crippen LogP contribution in [-0.4, -0.2) is 42.6 Å². The lowest BCUT2D eigenvalue weighted by Gasteiger charge is -2.45. The van der Waals surface area contributed by atoms with E-state index in [2.05, 4.69) is 0 Å². The fourth-order valence-electron chi connectivity index (χ4n) is 4.85. The number of amides is 1. The molecule has 5 rings (SSSR count). The molecule has 184 valence electrons. The first-order valence-corrected chi connectivity index (χ1v) is 12.9. The van der Waals surface area contributed by atoms with Crippen LogP contribution in [0.4, 0.5) is 13.2 Å². The summed E-state index contributed by atoms with van der Waals surface area (Å²) in [5.41, 5.74) is -0.638. The summed E-state index contributed by atoms with van der Waals surface area (Å²) in [5, 5.41) is 0. The number of para-hydroxylation sites is 2. The maximum Gasteiger partial charge on any atom is 0.431 e. The first-order chi connectivity index (χ1) is 16.6. The molecule has 0 N–H and O–H groups in total. The zero-order valence-corrected chi connectivity index (χ0v) is 19.7. The fraction of sp³-hybridized carbons (Fsp3) is 0.320. The van der Waals surface area contributed by atoms with E-state index in [0.717, 1.165) is 6.07 Å². The lowest BCUT2D eigenvalue weighted by atomic mass is 9.86. The molecule has 1 fully saturated rings. The molecule has 0 saturated carbocycles. The molecular formula is C25H23F3N2O4S. The van der Waals surface area contributed by atoms with Crippen LogP contribution in [-0.2, 0) is 21.6 Å². The molecule has 1 amide bonds. The van der Waals surface area contributed by atoms with E-state index in [-0.39, 0.29) is 29.6 Å². The zero-order valence-electron chi connectivity index (χ0n) is 18.9. The molecule has 2 aliphatic rings. The largest absolute Gasteiger partial charge is 0.479 e. The Labute approximate surface area is 200 Å². The van der Waals surface area contributed by atoms with Crippen molar-refractivity contribution in [2.75, 3.05) is 18.8 Å². The molecule has 10 heteroatoms. The lowest BCUT2D eigenvalue weighted by Crippen LogP contribution is -2.50. The van der Waals surface area contributed by atoms with Crippen molar-refractivity contribution in [1.82, 2.24) is 9.47 Å². The van der Waals surface area contributed by atoms with E-state index in [1.54, 1.807) is 36.1 Å². The molecule has 1 saturated heterocycles. The van der Waals surface area contributed by atoms with Gasteiger partial charge in [-0.15, -0.1) is 0 Å². The number of fused-ring (bicyclic) bond motifs is 4. The van der Waals surface area contributed by atoms with Crippen LogP contribution in [0.5, 0.6) is 5.75 Å². The number of hydrogen-bond donors (Lipinski definition) is 0. The molecule has 35 heavy (non-hydrogen) atoms. The van der Waals surface area contributed by atoms with Gasteiger partial charge in [-0.25, -0.2) is 8.42 Å². The molecule has 1 spiro atoms. The number of aromatic nitrogens is 1. The van der Waals surface area contributed by atoms with Gasteiger partial charge < -0.3 is 14.2 Å². The van der Waals surface area contributed by atoms with Crippen molar-refractivity contribution < 1.29 is 31.1 Å². The Kier molecular flexibility index (Phi) is 5.47. The van der Waals surface area contributed by atoms with E-state index in [4.69, 9.17) is 4.74 Å². The average molecular weight is 505 g/mol. The molecule has 0 atom stereocenters. The third kappa shape index (κ3) is 3.89. The number of ether oxygens (including phenoxy) is 1. The highest BCUT2D eigenvalue weighted by Gasteiger charge is 2.48. The number of alkyl halides is 3. The van der Waals surface area contributed by atoms with Gasteiger partial charge in [0.05, 0.1) is 22.0 Å². The number of carbonyl (C=O) groups is 1. The van der Waals surface area contributed by atoms with Crippen molar-refractivity contribution >= 4 is 15.7 Å². The number of benzene rings is 2. The third-order valence-electron chi connectivity index (χ3n) is 6.75. The molecule has 6 nitrogen and oxygen atoms in total. The minimum Gasteiger partial charge on any atom is -0.479 e. The quantitative estimate of drug-likeness (QED) is 0.513. The molecule has 2 aromatic carbocycles. The van der Waals surface area contributed by atoms with Crippen LogP contribution < -0.4 is 4.74 Å². The molecular weight excluding hydrogens is 481 g/mol. The number of hydrogen-bond acceptors (Lipinski definition) is 4. The maximum absolute atomic E-state index is 13.8. The van der Waals surface area contributed by atoms with Gasteiger partial charge in [-0.05, 0) is 48.5 Å². The van der Waals surface area contributed by atoms with E-state index in [9.17, 15) is 26.4 Å². The second-order valence-electron chi connectivity index (χ2n) is 8.72. The van der Waals surface area contributed by atoms with Crippen LogP contribution in [0.1, 0.15) is 41.5 Å². The Morgan fingerprint density at radius 1 is 1.00 bits per heavy atom. The van der Waals surface area contributed by atoms with E-state index >= 15 is 0 Å². The molecule has 0 bridgehead atoms. The second-order valence-corrected chi connectivity index (χ2v) is 11.0. The van der Waals surface area contributed by atoms with Crippen molar-refractivity contribution in [3.63, 3.8) is 0 Å². The van der Waals surface area contributed by atoms with Crippen molar-refractivity contribution in [2.24, 2.45) is 0 Å². The van der Waals surface area contributed by atoms with Crippen LogP contribution >= 0.6 is 0 Å². The smallest absolute Gasteiger partial charge is 0.431 e. The van der Waals surface area contributed by atoms with Gasteiger partial charge in [0, 0.05) is 31.5 Å². The summed E-state index contributed by atoms with van der Waals surface area (Å²) in [6.45, 7) is 2.11. The average Bonchev–Trinajstić information content (AvgIpc) is 3.32. The Bertz CT molecular complexity index is 1390. The maximum atomic E-state index is 13.8. The Morgan fingerprint density at radius 2 is 1.66 bits per heavy atom. The van der Waals surface area contributed by atoms with Crippen LogP contribution in [0.25, 0.3) is 5.69 Å². The van der Waals surface area contributed by atoms with E-state index in [1.165, 1.54) is 34.9 Å². The van der Waals surface area contributed by atoms with Crippen molar-refractivity contribution in [3.05, 3.63) is 77.6 Å². The number of sulfone groups is 1. The fourth-order valence-corrected chi connectivity index (χ4v) is 5.73. The molecule has 0 radical (unpaired) electrons. The molecule has 1 aromatic heterocycles. The van der Waals surface area contributed by atoms with Gasteiger partial charge in [-0.2, -0.15) is 13.2 Å². The van der Waals surface area contributed by atoms with E-state index < -0.39 is 27.3 Å². The highest BCUT2D eigenvalue weighted by molar-refractivity contribution is 7.91. The van der Waals surface area contributed by atoms with Crippen LogP contribution in [0, 0.1) is 0 Å². The number of carbonyl (C=O) groups excluding carboxylic acids is 1. The second kappa shape index (κ2) is 8.15. The Hall–Kier alpha value is -3.27. The Morgan fingerprint density at radius 3 is 2.29 bits per heavy atom. The van der Waals surface area contributed by atoms with Crippen molar-refractivity contribution in [1.29, 1.82) is 0 Å². The van der Waals surface area contributed by atoms with Gasteiger partial charge in [0.15, 0.2) is 15.4 Å². The molecule has 0 aliphatic carbocycles. The first kappa shape index (κ1) is 23.5. The molecule has 0 unspecified atom stereocenters. The van der Waals surface area contributed by atoms with E-state index in [0.29, 0.717) is 35.5 Å². The standard InChI is InChI=1S/C25H23F3N2O4S/c1-2-35(32,33)18-9-7-17(8-10-18)23(31)29-15-13-24(14-16-29)21-11-12-22(25(26,27)28)30(21)19-5-3-4-6-20(19)34-24/h3-12H,2,13-16H2,1H3. The predicted molar refractivity (Wildman–Crippen MR) is 122 cm³/mol. The summed E-state index contributed by atoms with van der Waals surface area (Å²) in [6, 6.07) is 15.0. The summed E-state index contributed by atoms with van der Waals surface area (Å²) in [6.07, 6.45) is -3.90. The number of piperidine rings is 1. The van der Waals surface area contributed by atoms with Crippen LogP contribution in [0.15, 0.2) is 65.6 Å². The van der Waals surface area contributed by atoms with Crippen LogP contribution in [0.2, 0.25) is 0 Å². The SMILES string of the molecule is CCS(=O)(=O)c1ccc(C(=O)N2CCC3(CC2)Oc2ccccc2-n2c(C(F)(F)F)ccc23)cc1. The minimum atomic E-state index is -4.53. The van der Waals surface area contributed by atoms with Gasteiger partial charge in [-0.1, -0.05) is 19.1 Å². The topological polar surface area (TPSA) is 68.6 Å². The van der Waals surface area contributed by atoms with Crippen LogP contribution in [0.3, 0.4) is 0 Å². The molecule has 3 heterocycles. The highest BCUT2D eigenvalue weighted by atomic mass is 32.2. The Balaban J connectivity index is 1.41. The highest BCUT2D eigenvalue weighted by Crippen LogP contribution is 2.48. The van der Waals surface area contributed by atoms with Gasteiger partial charge in [-0.3, -0.25) is 4.79 Å². The van der Waals surface area contributed by atoms with Crippen molar-refractivity contribution in [2.45, 2.75) is 36.4 Å². The van der Waals surface area contributed by atoms with Gasteiger partial charge in [0.1, 0.15) is 11.4 Å². The number of likely N-dealkylation sites (tertiary alicyclic amines) is 1. The van der Waals surface area contributed by atoms with Gasteiger partial charge >= 0.3 is 6.18 Å². The van der Waals surface area contributed by atoms with Crippen molar-refractivity contribution in [3.8, 4) is 11.4 Å². The summed E-state index contributed by atoms with van der Waals surface area (Å²) in [5.74, 6) is 0.0761. The normalized spacial score (nSPS) is 17.0. The monoisotopic (exact) mass is 504 g/mol. The lowest BCUT2D eigenvalue weighted by molar-refractivity contribution is -0.143. The third-order valence-corrected chi connectivity index (χ3v) is 8.50. The predicted octanol–water partition coefficient (Wildman–Crippen LogP) is 4.81. The summed E-state index contributed by atoms with van der Waals surface area (Å²) >= 11 is 0. The van der Waals surface area contributed by atoms with E-state index in [1.807, 2.05) is 0 Å².